The Balaban J connectivity index is 2.01. The quantitative estimate of drug-likeness (QED) is 0.792. The lowest BCUT2D eigenvalue weighted by atomic mass is 10.2. The number of thiazole rings is 1. The zero-order chi connectivity index (χ0) is 19.5. The molecule has 0 bridgehead atoms. The van der Waals surface area contributed by atoms with Crippen LogP contribution in [0, 0.1) is 12.7 Å². The number of aromatic nitrogens is 1. The van der Waals surface area contributed by atoms with Crippen molar-refractivity contribution in [2.45, 2.75) is 39.8 Å². The first kappa shape index (κ1) is 20.1. The standard InChI is InChI=1S/C17H19ClFN3O3S/c1-9-13(26-15(21-9)22-16(24)25-17(2,3)4)14(23)20-8-10-5-6-11(19)7-12(10)18/h5-7H,8H2,1-4H3,(H,20,23)(H,21,22,24). The van der Waals surface area contributed by atoms with Crippen molar-refractivity contribution in [1.29, 1.82) is 0 Å². The monoisotopic (exact) mass is 399 g/mol. The Morgan fingerprint density at radius 2 is 2.04 bits per heavy atom. The number of aryl methyl sites for hydroxylation is 1. The number of nitrogens with zero attached hydrogens (tertiary/aromatic N) is 1. The van der Waals surface area contributed by atoms with Gasteiger partial charge in [0.25, 0.3) is 5.91 Å². The van der Waals surface area contributed by atoms with Crippen LogP contribution in [0.1, 0.15) is 41.7 Å². The van der Waals surface area contributed by atoms with E-state index in [4.69, 9.17) is 16.3 Å². The minimum atomic E-state index is -0.642. The molecule has 0 saturated heterocycles. The van der Waals surface area contributed by atoms with Crippen LogP contribution in [0.5, 0.6) is 0 Å². The molecule has 0 unspecified atom stereocenters. The fourth-order valence-corrected chi connectivity index (χ4v) is 3.07. The highest BCUT2D eigenvalue weighted by atomic mass is 35.5. The van der Waals surface area contributed by atoms with Gasteiger partial charge in [0.2, 0.25) is 0 Å². The topological polar surface area (TPSA) is 80.3 Å². The Hall–Kier alpha value is -2.19. The molecular weight excluding hydrogens is 381 g/mol. The van der Waals surface area contributed by atoms with Crippen molar-refractivity contribution in [1.82, 2.24) is 10.3 Å². The first-order valence-corrected chi connectivity index (χ1v) is 8.94. The average molecular weight is 400 g/mol. The molecule has 140 valence electrons. The van der Waals surface area contributed by atoms with Gasteiger partial charge in [0, 0.05) is 11.6 Å². The second-order valence-electron chi connectivity index (χ2n) is 6.48. The Bertz CT molecular complexity index is 833. The van der Waals surface area contributed by atoms with Crippen molar-refractivity contribution in [3.8, 4) is 0 Å². The van der Waals surface area contributed by atoms with Crippen LogP contribution >= 0.6 is 22.9 Å². The van der Waals surface area contributed by atoms with E-state index in [1.165, 1.54) is 18.2 Å². The summed E-state index contributed by atoms with van der Waals surface area (Å²) in [5.41, 5.74) is 0.435. The molecule has 2 aromatic rings. The second kappa shape index (κ2) is 8.01. The number of amides is 2. The molecule has 0 spiro atoms. The molecule has 1 aromatic heterocycles. The molecule has 1 heterocycles. The summed E-state index contributed by atoms with van der Waals surface area (Å²) in [4.78, 5) is 28.6. The second-order valence-corrected chi connectivity index (χ2v) is 7.89. The fourth-order valence-electron chi connectivity index (χ4n) is 1.97. The van der Waals surface area contributed by atoms with Gasteiger partial charge in [-0.25, -0.2) is 14.2 Å². The molecule has 0 atom stereocenters. The number of ether oxygens (including phenoxy) is 1. The van der Waals surface area contributed by atoms with Crippen molar-refractivity contribution >= 4 is 40.1 Å². The van der Waals surface area contributed by atoms with E-state index in [-0.39, 0.29) is 22.6 Å². The molecule has 0 aliphatic carbocycles. The van der Waals surface area contributed by atoms with E-state index in [9.17, 15) is 14.0 Å². The van der Waals surface area contributed by atoms with E-state index in [2.05, 4.69) is 15.6 Å². The van der Waals surface area contributed by atoms with Crippen LogP contribution in [0.4, 0.5) is 14.3 Å². The van der Waals surface area contributed by atoms with Crippen molar-refractivity contribution in [3.05, 3.63) is 45.2 Å². The molecule has 0 fully saturated rings. The third kappa shape index (κ3) is 5.67. The molecule has 2 rings (SSSR count). The van der Waals surface area contributed by atoms with Crippen LogP contribution in [-0.4, -0.2) is 22.6 Å². The lowest BCUT2D eigenvalue weighted by molar-refractivity contribution is 0.0635. The van der Waals surface area contributed by atoms with Crippen LogP contribution in [0.3, 0.4) is 0 Å². The summed E-state index contributed by atoms with van der Waals surface area (Å²) in [6.07, 6.45) is -0.642. The van der Waals surface area contributed by atoms with E-state index in [0.717, 1.165) is 11.3 Å². The lowest BCUT2D eigenvalue weighted by Gasteiger charge is -2.18. The number of rotatable bonds is 4. The highest BCUT2D eigenvalue weighted by Gasteiger charge is 2.20. The average Bonchev–Trinajstić information content (AvgIpc) is 2.84. The van der Waals surface area contributed by atoms with Crippen LogP contribution in [0.15, 0.2) is 18.2 Å². The number of anilines is 1. The van der Waals surface area contributed by atoms with E-state index in [1.807, 2.05) is 0 Å². The van der Waals surface area contributed by atoms with E-state index < -0.39 is 17.5 Å². The summed E-state index contributed by atoms with van der Waals surface area (Å²) in [5, 5.41) is 5.71. The van der Waals surface area contributed by atoms with Crippen LogP contribution in [0.2, 0.25) is 5.02 Å². The molecule has 2 N–H and O–H groups in total. The van der Waals surface area contributed by atoms with Gasteiger partial charge in [-0.15, -0.1) is 0 Å². The predicted octanol–water partition coefficient (Wildman–Crippen LogP) is 4.52. The highest BCUT2D eigenvalue weighted by molar-refractivity contribution is 7.17. The van der Waals surface area contributed by atoms with Gasteiger partial charge in [0.05, 0.1) is 5.69 Å². The molecule has 0 radical (unpaired) electrons. The summed E-state index contributed by atoms with van der Waals surface area (Å²) in [7, 11) is 0. The normalized spacial score (nSPS) is 11.2. The molecule has 0 saturated carbocycles. The number of hydrogen-bond donors (Lipinski definition) is 2. The van der Waals surface area contributed by atoms with Crippen LogP contribution in [-0.2, 0) is 11.3 Å². The first-order chi connectivity index (χ1) is 12.0. The van der Waals surface area contributed by atoms with Gasteiger partial charge in [-0.05, 0) is 45.4 Å². The van der Waals surface area contributed by atoms with Gasteiger partial charge in [-0.1, -0.05) is 29.0 Å². The van der Waals surface area contributed by atoms with Gasteiger partial charge in [0.1, 0.15) is 16.3 Å². The predicted molar refractivity (Wildman–Crippen MR) is 99.3 cm³/mol. The summed E-state index contributed by atoms with van der Waals surface area (Å²) in [5.74, 6) is -0.807. The minimum absolute atomic E-state index is 0.143. The number of nitrogens with one attached hydrogen (secondary N) is 2. The van der Waals surface area contributed by atoms with Gasteiger partial charge in [0.15, 0.2) is 5.13 Å². The minimum Gasteiger partial charge on any atom is -0.444 e. The zero-order valence-corrected chi connectivity index (χ0v) is 16.3. The smallest absolute Gasteiger partial charge is 0.413 e. The van der Waals surface area contributed by atoms with Gasteiger partial charge >= 0.3 is 6.09 Å². The first-order valence-electron chi connectivity index (χ1n) is 7.75. The highest BCUT2D eigenvalue weighted by Crippen LogP contribution is 2.24. The Morgan fingerprint density at radius 3 is 2.65 bits per heavy atom. The number of benzene rings is 1. The summed E-state index contributed by atoms with van der Waals surface area (Å²) < 4.78 is 18.2. The summed E-state index contributed by atoms with van der Waals surface area (Å²) in [6.45, 7) is 7.05. The molecule has 2 amide bonds. The van der Waals surface area contributed by atoms with Crippen molar-refractivity contribution < 1.29 is 18.7 Å². The Kier molecular flexibility index (Phi) is 6.20. The summed E-state index contributed by atoms with van der Waals surface area (Å²) in [6, 6.07) is 3.96. The van der Waals surface area contributed by atoms with Crippen LogP contribution in [0.25, 0.3) is 0 Å². The maximum atomic E-state index is 13.1. The van der Waals surface area contributed by atoms with E-state index in [1.54, 1.807) is 27.7 Å². The summed E-state index contributed by atoms with van der Waals surface area (Å²) >= 11 is 6.98. The van der Waals surface area contributed by atoms with Crippen molar-refractivity contribution in [3.63, 3.8) is 0 Å². The number of hydrogen-bond acceptors (Lipinski definition) is 5. The van der Waals surface area contributed by atoms with Crippen molar-refractivity contribution in [2.24, 2.45) is 0 Å². The number of carbonyl (C=O) groups excluding carboxylic acids is 2. The third-order valence-electron chi connectivity index (χ3n) is 3.07. The SMILES string of the molecule is Cc1nc(NC(=O)OC(C)(C)C)sc1C(=O)NCc1ccc(F)cc1Cl. The Labute approximate surface area is 159 Å². The molecule has 0 aliphatic rings. The van der Waals surface area contributed by atoms with Gasteiger partial charge in [-0.2, -0.15) is 0 Å². The molecule has 0 aliphatic heterocycles. The molecule has 26 heavy (non-hydrogen) atoms. The zero-order valence-electron chi connectivity index (χ0n) is 14.8. The fraction of sp³-hybridized carbons (Fsp3) is 0.353. The van der Waals surface area contributed by atoms with Gasteiger partial charge in [-0.3, -0.25) is 10.1 Å². The van der Waals surface area contributed by atoms with E-state index in [0.29, 0.717) is 16.1 Å². The van der Waals surface area contributed by atoms with Crippen LogP contribution < -0.4 is 10.6 Å². The molecule has 6 nitrogen and oxygen atoms in total. The molecule has 9 heteroatoms. The lowest BCUT2D eigenvalue weighted by Crippen LogP contribution is -2.27. The number of halogens is 2. The Morgan fingerprint density at radius 1 is 1.35 bits per heavy atom. The van der Waals surface area contributed by atoms with Gasteiger partial charge < -0.3 is 10.1 Å². The number of carbonyl (C=O) groups is 2. The molecular formula is C17H19ClFN3O3S. The molecule has 1 aromatic carbocycles. The van der Waals surface area contributed by atoms with Crippen molar-refractivity contribution in [2.75, 3.05) is 5.32 Å². The maximum Gasteiger partial charge on any atom is 0.413 e. The maximum absolute atomic E-state index is 13.1. The third-order valence-corrected chi connectivity index (χ3v) is 4.49. The van der Waals surface area contributed by atoms with E-state index >= 15 is 0 Å². The largest absolute Gasteiger partial charge is 0.444 e.